The summed E-state index contributed by atoms with van der Waals surface area (Å²) in [7, 11) is 0. The fourth-order valence-corrected chi connectivity index (χ4v) is 2.93. The molecule has 3 heterocycles. The average Bonchev–Trinajstić information content (AvgIpc) is 2.90. The van der Waals surface area contributed by atoms with Crippen molar-refractivity contribution in [2.24, 2.45) is 0 Å². The number of halogens is 1. The lowest BCUT2D eigenvalue weighted by Crippen LogP contribution is -2.44. The molecule has 21 heavy (non-hydrogen) atoms. The van der Waals surface area contributed by atoms with Gasteiger partial charge in [-0.2, -0.15) is 0 Å². The molecule has 1 aliphatic rings. The van der Waals surface area contributed by atoms with Crippen LogP contribution in [0.5, 0.6) is 0 Å². The van der Waals surface area contributed by atoms with Crippen LogP contribution in [0.25, 0.3) is 5.65 Å². The number of carbonyl (C=O) groups is 1. The van der Waals surface area contributed by atoms with Crippen LogP contribution in [0.4, 0.5) is 4.39 Å². The number of aromatic nitrogens is 2. The van der Waals surface area contributed by atoms with Gasteiger partial charge in [-0.15, -0.1) is 0 Å². The number of aliphatic hydroxyl groups excluding tert-OH is 1. The lowest BCUT2D eigenvalue weighted by atomic mass is 9.99. The van der Waals surface area contributed by atoms with Gasteiger partial charge in [0.15, 0.2) is 0 Å². The fourth-order valence-electron chi connectivity index (χ4n) is 2.93. The molecule has 2 aromatic heterocycles. The van der Waals surface area contributed by atoms with Crippen LogP contribution in [0.3, 0.4) is 0 Å². The number of amides is 1. The van der Waals surface area contributed by atoms with Gasteiger partial charge < -0.3 is 14.4 Å². The maximum absolute atomic E-state index is 13.2. The lowest BCUT2D eigenvalue weighted by molar-refractivity contribution is 0.0569. The summed E-state index contributed by atoms with van der Waals surface area (Å²) in [5, 5.41) is 9.13. The van der Waals surface area contributed by atoms with Gasteiger partial charge in [0, 0.05) is 31.6 Å². The van der Waals surface area contributed by atoms with Crippen LogP contribution in [-0.2, 0) is 0 Å². The van der Waals surface area contributed by atoms with Gasteiger partial charge in [0.25, 0.3) is 5.91 Å². The zero-order valence-electron chi connectivity index (χ0n) is 11.7. The van der Waals surface area contributed by atoms with Gasteiger partial charge in [0.2, 0.25) is 0 Å². The summed E-state index contributed by atoms with van der Waals surface area (Å²) in [4.78, 5) is 18.7. The van der Waals surface area contributed by atoms with E-state index in [1.54, 1.807) is 17.2 Å². The van der Waals surface area contributed by atoms with E-state index in [9.17, 15) is 9.18 Å². The van der Waals surface area contributed by atoms with Crippen LogP contribution >= 0.6 is 0 Å². The summed E-state index contributed by atoms with van der Waals surface area (Å²) in [6, 6.07) is 2.94. The number of aliphatic hydroxyl groups is 1. The SMILES string of the molecule is O=C(c1cn2cc(F)ccc2n1)N1CCCCC1CCO. The second kappa shape index (κ2) is 5.81. The van der Waals surface area contributed by atoms with Crippen LogP contribution in [-0.4, -0.2) is 44.5 Å². The number of fused-ring (bicyclic) bond motifs is 1. The van der Waals surface area contributed by atoms with Crippen molar-refractivity contribution >= 4 is 11.6 Å². The van der Waals surface area contributed by atoms with E-state index in [4.69, 9.17) is 5.11 Å². The molecule has 0 radical (unpaired) electrons. The van der Waals surface area contributed by atoms with Crippen molar-refractivity contribution in [2.75, 3.05) is 13.2 Å². The van der Waals surface area contributed by atoms with Crippen molar-refractivity contribution in [3.8, 4) is 0 Å². The fraction of sp³-hybridized carbons (Fsp3) is 0.467. The molecule has 1 aliphatic heterocycles. The predicted molar refractivity (Wildman–Crippen MR) is 75.5 cm³/mol. The van der Waals surface area contributed by atoms with Gasteiger partial charge in [-0.25, -0.2) is 9.37 Å². The van der Waals surface area contributed by atoms with E-state index in [2.05, 4.69) is 4.98 Å². The van der Waals surface area contributed by atoms with Crippen molar-refractivity contribution in [1.82, 2.24) is 14.3 Å². The molecule has 1 saturated heterocycles. The highest BCUT2D eigenvalue weighted by Crippen LogP contribution is 2.22. The monoisotopic (exact) mass is 291 g/mol. The molecule has 0 aromatic carbocycles. The van der Waals surface area contributed by atoms with E-state index in [-0.39, 0.29) is 24.4 Å². The summed E-state index contributed by atoms with van der Waals surface area (Å²) in [5.74, 6) is -0.507. The molecule has 2 aromatic rings. The van der Waals surface area contributed by atoms with E-state index in [0.29, 0.717) is 24.3 Å². The van der Waals surface area contributed by atoms with Crippen LogP contribution in [0.2, 0.25) is 0 Å². The van der Waals surface area contributed by atoms with E-state index in [1.165, 1.54) is 16.7 Å². The van der Waals surface area contributed by atoms with Crippen LogP contribution in [0.1, 0.15) is 36.2 Å². The van der Waals surface area contributed by atoms with Crippen LogP contribution < -0.4 is 0 Å². The first-order chi connectivity index (χ1) is 10.2. The molecular formula is C15H18FN3O2. The Morgan fingerprint density at radius 1 is 1.38 bits per heavy atom. The minimum atomic E-state index is -0.366. The number of rotatable bonds is 3. The van der Waals surface area contributed by atoms with Crippen LogP contribution in [0, 0.1) is 5.82 Å². The number of imidazole rings is 1. The summed E-state index contributed by atoms with van der Waals surface area (Å²) < 4.78 is 14.7. The molecule has 112 valence electrons. The molecule has 1 amide bonds. The summed E-state index contributed by atoms with van der Waals surface area (Å²) in [6.45, 7) is 0.760. The molecule has 0 saturated carbocycles. The van der Waals surface area contributed by atoms with Crippen molar-refractivity contribution in [3.05, 3.63) is 36.0 Å². The Bertz CT molecular complexity index is 653. The number of hydrogen-bond donors (Lipinski definition) is 1. The van der Waals surface area contributed by atoms with Gasteiger partial charge >= 0.3 is 0 Å². The zero-order valence-corrected chi connectivity index (χ0v) is 11.7. The lowest BCUT2D eigenvalue weighted by Gasteiger charge is -2.35. The third-order valence-electron chi connectivity index (χ3n) is 3.98. The van der Waals surface area contributed by atoms with Crippen molar-refractivity contribution in [1.29, 1.82) is 0 Å². The number of nitrogens with zero attached hydrogens (tertiary/aromatic N) is 3. The Labute approximate surface area is 122 Å². The van der Waals surface area contributed by atoms with Crippen LogP contribution in [0.15, 0.2) is 24.5 Å². The Morgan fingerprint density at radius 3 is 3.05 bits per heavy atom. The number of carbonyl (C=O) groups excluding carboxylic acids is 1. The average molecular weight is 291 g/mol. The smallest absolute Gasteiger partial charge is 0.274 e. The Morgan fingerprint density at radius 2 is 2.24 bits per heavy atom. The number of likely N-dealkylation sites (tertiary alicyclic amines) is 1. The minimum absolute atomic E-state index is 0.0674. The highest BCUT2D eigenvalue weighted by molar-refractivity contribution is 5.93. The van der Waals surface area contributed by atoms with Gasteiger partial charge in [0.1, 0.15) is 17.2 Å². The molecular weight excluding hydrogens is 273 g/mol. The Hall–Kier alpha value is -1.95. The maximum Gasteiger partial charge on any atom is 0.274 e. The number of hydrogen-bond acceptors (Lipinski definition) is 3. The van der Waals surface area contributed by atoms with Gasteiger partial charge in [-0.3, -0.25) is 4.79 Å². The topological polar surface area (TPSA) is 57.8 Å². The predicted octanol–water partition coefficient (Wildman–Crippen LogP) is 1.85. The zero-order chi connectivity index (χ0) is 14.8. The number of piperidine rings is 1. The standard InChI is InChI=1S/C15H18FN3O2/c16-11-4-5-14-17-13(10-18(14)9-11)15(21)19-7-2-1-3-12(19)6-8-20/h4-5,9-10,12,20H,1-3,6-8H2. The molecule has 1 N–H and O–H groups in total. The van der Waals surface area contributed by atoms with E-state index >= 15 is 0 Å². The highest BCUT2D eigenvalue weighted by Gasteiger charge is 2.28. The van der Waals surface area contributed by atoms with Crippen molar-refractivity contribution < 1.29 is 14.3 Å². The first-order valence-corrected chi connectivity index (χ1v) is 7.25. The number of pyridine rings is 1. The summed E-state index contributed by atoms with van der Waals surface area (Å²) >= 11 is 0. The van der Waals surface area contributed by atoms with E-state index < -0.39 is 0 Å². The Kier molecular flexibility index (Phi) is 3.88. The van der Waals surface area contributed by atoms with Gasteiger partial charge in [-0.1, -0.05) is 0 Å². The first kappa shape index (κ1) is 14.0. The minimum Gasteiger partial charge on any atom is -0.396 e. The molecule has 1 unspecified atom stereocenters. The van der Waals surface area contributed by atoms with Gasteiger partial charge in [-0.05, 0) is 37.8 Å². The van der Waals surface area contributed by atoms with E-state index in [1.807, 2.05) is 0 Å². The summed E-state index contributed by atoms with van der Waals surface area (Å²) in [6.07, 6.45) is 6.41. The van der Waals surface area contributed by atoms with E-state index in [0.717, 1.165) is 19.3 Å². The molecule has 1 fully saturated rings. The Balaban J connectivity index is 1.87. The molecule has 5 nitrogen and oxygen atoms in total. The molecule has 0 aliphatic carbocycles. The maximum atomic E-state index is 13.2. The van der Waals surface area contributed by atoms with Crippen molar-refractivity contribution in [2.45, 2.75) is 31.7 Å². The van der Waals surface area contributed by atoms with Gasteiger partial charge in [0.05, 0.1) is 0 Å². The molecule has 1 atom stereocenters. The molecule has 3 rings (SSSR count). The normalized spacial score (nSPS) is 19.1. The molecule has 6 heteroatoms. The largest absolute Gasteiger partial charge is 0.396 e. The quantitative estimate of drug-likeness (QED) is 0.939. The van der Waals surface area contributed by atoms with Crippen molar-refractivity contribution in [3.63, 3.8) is 0 Å². The third kappa shape index (κ3) is 2.76. The highest BCUT2D eigenvalue weighted by atomic mass is 19.1. The second-order valence-corrected chi connectivity index (χ2v) is 5.40. The summed E-state index contributed by atoms with van der Waals surface area (Å²) in [5.41, 5.74) is 0.876. The third-order valence-corrected chi connectivity index (χ3v) is 3.98. The first-order valence-electron chi connectivity index (χ1n) is 7.25. The molecule has 0 spiro atoms. The second-order valence-electron chi connectivity index (χ2n) is 5.40. The molecule has 0 bridgehead atoms.